The van der Waals surface area contributed by atoms with Crippen molar-refractivity contribution in [2.24, 2.45) is 0 Å². The number of esters is 1. The molecule has 5 aromatic rings. The first kappa shape index (κ1) is 26.7. The SMILES string of the molecule is CC(OC(=O)c1ccc2nc(-c3cccnc3)[nH]c2c1)C(=O)Nc1ccc(S(=O)(=O)Nc2ccc(Cl)nn2)cc1. The zero-order valence-electron chi connectivity index (χ0n) is 20.7. The van der Waals surface area contributed by atoms with E-state index in [1.807, 2.05) is 6.07 Å². The molecule has 0 aliphatic rings. The number of halogens is 1. The number of pyridine rings is 1. The number of H-pyrrole nitrogens is 1. The first-order valence-corrected chi connectivity index (χ1v) is 13.6. The lowest BCUT2D eigenvalue weighted by molar-refractivity contribution is -0.123. The maximum Gasteiger partial charge on any atom is 0.338 e. The van der Waals surface area contributed by atoms with Gasteiger partial charge in [-0.25, -0.2) is 18.2 Å². The summed E-state index contributed by atoms with van der Waals surface area (Å²) in [6, 6.07) is 16.7. The molecule has 0 saturated heterocycles. The molecule has 0 aliphatic carbocycles. The summed E-state index contributed by atoms with van der Waals surface area (Å²) in [4.78, 5) is 37.0. The van der Waals surface area contributed by atoms with E-state index < -0.39 is 28.0 Å². The van der Waals surface area contributed by atoms with Gasteiger partial charge in [0.15, 0.2) is 17.1 Å². The van der Waals surface area contributed by atoms with Crippen LogP contribution in [0.4, 0.5) is 11.5 Å². The molecule has 40 heavy (non-hydrogen) atoms. The van der Waals surface area contributed by atoms with E-state index in [4.69, 9.17) is 16.3 Å². The van der Waals surface area contributed by atoms with Crippen molar-refractivity contribution in [3.63, 3.8) is 0 Å². The van der Waals surface area contributed by atoms with Gasteiger partial charge >= 0.3 is 5.97 Å². The number of hydrogen-bond acceptors (Lipinski definition) is 9. The Balaban J connectivity index is 1.20. The number of aromatic amines is 1. The molecule has 0 fully saturated rings. The number of hydrogen-bond donors (Lipinski definition) is 3. The molecule has 2 aromatic carbocycles. The summed E-state index contributed by atoms with van der Waals surface area (Å²) >= 11 is 5.66. The molecule has 0 spiro atoms. The Morgan fingerprint density at radius 3 is 2.52 bits per heavy atom. The summed E-state index contributed by atoms with van der Waals surface area (Å²) in [7, 11) is -3.95. The van der Waals surface area contributed by atoms with Crippen LogP contribution in [-0.2, 0) is 19.6 Å². The van der Waals surface area contributed by atoms with Gasteiger partial charge < -0.3 is 15.0 Å². The number of fused-ring (bicyclic) bond motifs is 1. The quantitative estimate of drug-likeness (QED) is 0.230. The third kappa shape index (κ3) is 6.06. The van der Waals surface area contributed by atoms with Crippen LogP contribution < -0.4 is 10.0 Å². The lowest BCUT2D eigenvalue weighted by Crippen LogP contribution is -2.30. The van der Waals surface area contributed by atoms with Crippen LogP contribution >= 0.6 is 11.6 Å². The number of benzene rings is 2. The van der Waals surface area contributed by atoms with Crippen molar-refractivity contribution >= 4 is 56.0 Å². The van der Waals surface area contributed by atoms with E-state index in [-0.39, 0.29) is 21.4 Å². The normalized spacial score (nSPS) is 12.1. The second kappa shape index (κ2) is 11.1. The lowest BCUT2D eigenvalue weighted by atomic mass is 10.2. The second-order valence-corrected chi connectivity index (χ2v) is 10.5. The highest BCUT2D eigenvalue weighted by Gasteiger charge is 2.21. The number of nitrogens with one attached hydrogen (secondary N) is 3. The van der Waals surface area contributed by atoms with Crippen molar-refractivity contribution in [1.29, 1.82) is 0 Å². The first-order chi connectivity index (χ1) is 19.2. The van der Waals surface area contributed by atoms with Crippen LogP contribution in [0.5, 0.6) is 0 Å². The van der Waals surface area contributed by atoms with Crippen molar-refractivity contribution in [2.75, 3.05) is 10.0 Å². The standard InChI is InChI=1S/C26H20ClN7O5S/c1-15(39-26(36)16-4-9-20-21(13-16)31-24(30-20)17-3-2-12-28-14-17)25(35)29-18-5-7-19(8-6-18)40(37,38)34-23-11-10-22(27)32-33-23/h2-15H,1H3,(H,29,35)(H,30,31)(H,33,34). The topological polar surface area (TPSA) is 169 Å². The molecule has 5 rings (SSSR count). The predicted octanol–water partition coefficient (Wildman–Crippen LogP) is 4.05. The number of sulfonamides is 1. The van der Waals surface area contributed by atoms with Gasteiger partial charge in [0.2, 0.25) is 0 Å². The van der Waals surface area contributed by atoms with Gasteiger partial charge in [-0.15, -0.1) is 10.2 Å². The first-order valence-electron chi connectivity index (χ1n) is 11.7. The van der Waals surface area contributed by atoms with Gasteiger partial charge in [-0.2, -0.15) is 0 Å². The molecular weight excluding hydrogens is 558 g/mol. The summed E-state index contributed by atoms with van der Waals surface area (Å²) in [5.41, 5.74) is 2.62. The molecule has 3 aromatic heterocycles. The molecule has 0 aliphatic heterocycles. The third-order valence-corrected chi connectivity index (χ3v) is 7.18. The average molecular weight is 578 g/mol. The van der Waals surface area contributed by atoms with Crippen molar-refractivity contribution in [1.82, 2.24) is 25.1 Å². The van der Waals surface area contributed by atoms with E-state index in [0.29, 0.717) is 22.5 Å². The molecule has 0 radical (unpaired) electrons. The van der Waals surface area contributed by atoms with Crippen molar-refractivity contribution in [3.05, 3.63) is 89.8 Å². The number of carbonyl (C=O) groups is 2. The van der Waals surface area contributed by atoms with Crippen LogP contribution in [-0.4, -0.2) is 51.5 Å². The predicted molar refractivity (Wildman–Crippen MR) is 147 cm³/mol. The van der Waals surface area contributed by atoms with Crippen molar-refractivity contribution < 1.29 is 22.7 Å². The number of imidazole rings is 1. The fourth-order valence-corrected chi connectivity index (χ4v) is 4.68. The van der Waals surface area contributed by atoms with Crippen molar-refractivity contribution in [3.8, 4) is 11.4 Å². The zero-order chi connectivity index (χ0) is 28.3. The van der Waals surface area contributed by atoms with E-state index in [0.717, 1.165) is 5.56 Å². The van der Waals surface area contributed by atoms with Gasteiger partial charge in [0.1, 0.15) is 5.82 Å². The van der Waals surface area contributed by atoms with Crippen LogP contribution in [0.1, 0.15) is 17.3 Å². The number of anilines is 2. The average Bonchev–Trinajstić information content (AvgIpc) is 3.38. The Bertz CT molecular complexity index is 1800. The fourth-order valence-electron chi connectivity index (χ4n) is 3.59. The molecule has 3 N–H and O–H groups in total. The minimum Gasteiger partial charge on any atom is -0.449 e. The van der Waals surface area contributed by atoms with Crippen molar-refractivity contribution in [2.45, 2.75) is 17.9 Å². The van der Waals surface area contributed by atoms with Gasteiger partial charge in [-0.1, -0.05) is 11.6 Å². The van der Waals surface area contributed by atoms with E-state index in [9.17, 15) is 18.0 Å². The minimum atomic E-state index is -3.95. The molecule has 0 bridgehead atoms. The largest absolute Gasteiger partial charge is 0.449 e. The highest BCUT2D eigenvalue weighted by molar-refractivity contribution is 7.92. The van der Waals surface area contributed by atoms with E-state index >= 15 is 0 Å². The Morgan fingerprint density at radius 2 is 1.82 bits per heavy atom. The summed E-state index contributed by atoms with van der Waals surface area (Å²) in [5.74, 6) is -0.687. The van der Waals surface area contributed by atoms with Crippen LogP contribution in [0.25, 0.3) is 22.4 Å². The lowest BCUT2D eigenvalue weighted by Gasteiger charge is -2.14. The zero-order valence-corrected chi connectivity index (χ0v) is 22.3. The van der Waals surface area contributed by atoms with Gasteiger partial charge in [0, 0.05) is 23.6 Å². The molecule has 202 valence electrons. The summed E-state index contributed by atoms with van der Waals surface area (Å²) < 4.78 is 32.8. The Hall–Kier alpha value is -4.88. The molecule has 1 amide bonds. The van der Waals surface area contributed by atoms with Gasteiger partial charge in [0.05, 0.1) is 21.5 Å². The summed E-state index contributed by atoms with van der Waals surface area (Å²) in [6.45, 7) is 1.43. The summed E-state index contributed by atoms with van der Waals surface area (Å²) in [6.07, 6.45) is 2.20. The van der Waals surface area contributed by atoms with Gasteiger partial charge in [-0.3, -0.25) is 14.5 Å². The van der Waals surface area contributed by atoms with E-state index in [1.165, 1.54) is 43.3 Å². The van der Waals surface area contributed by atoms with Gasteiger partial charge in [0.25, 0.3) is 15.9 Å². The van der Waals surface area contributed by atoms with Gasteiger partial charge in [-0.05, 0) is 73.7 Å². The van der Waals surface area contributed by atoms with E-state index in [2.05, 4.69) is 35.2 Å². The van der Waals surface area contributed by atoms with Crippen LogP contribution in [0, 0.1) is 0 Å². The molecule has 14 heteroatoms. The monoisotopic (exact) mass is 577 g/mol. The molecule has 12 nitrogen and oxygen atoms in total. The van der Waals surface area contributed by atoms with Crippen LogP contribution in [0.2, 0.25) is 5.15 Å². The Labute approximate surface area is 232 Å². The van der Waals surface area contributed by atoms with E-state index in [1.54, 1.807) is 36.7 Å². The molecule has 3 heterocycles. The number of carbonyl (C=O) groups excluding carboxylic acids is 2. The number of rotatable bonds is 8. The molecular formula is C26H20ClN7O5S. The Morgan fingerprint density at radius 1 is 1.02 bits per heavy atom. The highest BCUT2D eigenvalue weighted by Crippen LogP contribution is 2.22. The number of nitrogens with zero attached hydrogens (tertiary/aromatic N) is 4. The minimum absolute atomic E-state index is 0.00182. The maximum absolute atomic E-state index is 12.7. The molecule has 1 atom stereocenters. The number of aromatic nitrogens is 5. The fraction of sp³-hybridized carbons (Fsp3) is 0.0769. The second-order valence-electron chi connectivity index (χ2n) is 8.47. The van der Waals surface area contributed by atoms with Crippen LogP contribution in [0.3, 0.4) is 0 Å². The third-order valence-electron chi connectivity index (χ3n) is 5.61. The molecule has 1 unspecified atom stereocenters. The number of amides is 1. The maximum atomic E-state index is 12.7. The van der Waals surface area contributed by atoms with Crippen LogP contribution in [0.15, 0.2) is 84.0 Å². The molecule has 0 saturated carbocycles. The highest BCUT2D eigenvalue weighted by atomic mass is 35.5. The smallest absolute Gasteiger partial charge is 0.338 e. The number of ether oxygens (including phenoxy) is 1. The summed E-state index contributed by atoms with van der Waals surface area (Å²) in [5, 5.41) is 9.96. The Kier molecular flexibility index (Phi) is 7.40.